The Morgan fingerprint density at radius 1 is 1.03 bits per heavy atom. The summed E-state index contributed by atoms with van der Waals surface area (Å²) in [6.07, 6.45) is 1.89. The molecule has 1 amide bonds. The maximum atomic E-state index is 13.6. The molecule has 0 radical (unpaired) electrons. The molecule has 0 saturated heterocycles. The SMILES string of the molecule is CCOc1ccc(N(CC(=O)Nc2cc(C(=O)OC)ccc2Cl)S(=O)(=O)c2ccc(SC)cc2)cc1. The molecule has 0 atom stereocenters. The van der Waals surface area contributed by atoms with Crippen LogP contribution in [0.2, 0.25) is 5.02 Å². The fourth-order valence-corrected chi connectivity index (χ4v) is 5.25. The highest BCUT2D eigenvalue weighted by atomic mass is 35.5. The number of sulfonamides is 1. The summed E-state index contributed by atoms with van der Waals surface area (Å²) in [5, 5.41) is 2.77. The van der Waals surface area contributed by atoms with Crippen molar-refractivity contribution in [2.45, 2.75) is 16.7 Å². The van der Waals surface area contributed by atoms with Gasteiger partial charge in [0.2, 0.25) is 5.91 Å². The minimum Gasteiger partial charge on any atom is -0.494 e. The molecule has 0 aliphatic carbocycles. The zero-order chi connectivity index (χ0) is 26.3. The molecule has 3 aromatic rings. The second kappa shape index (κ2) is 12.2. The number of methoxy groups -OCH3 is 1. The second-order valence-corrected chi connectivity index (χ2v) is 10.5. The maximum Gasteiger partial charge on any atom is 0.337 e. The summed E-state index contributed by atoms with van der Waals surface area (Å²) in [6, 6.07) is 17.1. The molecule has 0 aliphatic heterocycles. The van der Waals surface area contributed by atoms with Gasteiger partial charge in [-0.25, -0.2) is 13.2 Å². The highest BCUT2D eigenvalue weighted by molar-refractivity contribution is 7.98. The minimum atomic E-state index is -4.11. The summed E-state index contributed by atoms with van der Waals surface area (Å²) >= 11 is 7.67. The summed E-state index contributed by atoms with van der Waals surface area (Å²) in [6.45, 7) is 1.75. The number of anilines is 2. The lowest BCUT2D eigenvalue weighted by Crippen LogP contribution is -2.38. The Morgan fingerprint density at radius 3 is 2.28 bits per heavy atom. The third kappa shape index (κ3) is 6.51. The van der Waals surface area contributed by atoms with Crippen LogP contribution in [0.25, 0.3) is 0 Å². The number of hydrogen-bond donors (Lipinski definition) is 1. The van der Waals surface area contributed by atoms with E-state index in [9.17, 15) is 18.0 Å². The van der Waals surface area contributed by atoms with Crippen molar-refractivity contribution in [1.29, 1.82) is 0 Å². The predicted octanol–water partition coefficient (Wildman–Crippen LogP) is 5.08. The van der Waals surface area contributed by atoms with Gasteiger partial charge in [0, 0.05) is 4.90 Å². The lowest BCUT2D eigenvalue weighted by molar-refractivity contribution is -0.114. The number of carbonyl (C=O) groups excluding carboxylic acids is 2. The fourth-order valence-electron chi connectivity index (χ4n) is 3.25. The monoisotopic (exact) mass is 548 g/mol. The van der Waals surface area contributed by atoms with Crippen LogP contribution in [0.5, 0.6) is 5.75 Å². The van der Waals surface area contributed by atoms with Crippen LogP contribution < -0.4 is 14.4 Å². The molecule has 0 bridgehead atoms. The Hall–Kier alpha value is -3.21. The van der Waals surface area contributed by atoms with Gasteiger partial charge in [-0.15, -0.1) is 11.8 Å². The normalized spacial score (nSPS) is 11.0. The summed E-state index contributed by atoms with van der Waals surface area (Å²) in [4.78, 5) is 25.8. The quantitative estimate of drug-likeness (QED) is 0.278. The first-order chi connectivity index (χ1) is 17.2. The van der Waals surface area contributed by atoms with Crippen molar-refractivity contribution in [3.05, 3.63) is 77.3 Å². The van der Waals surface area contributed by atoms with E-state index in [1.807, 2.05) is 13.2 Å². The van der Waals surface area contributed by atoms with Gasteiger partial charge in [-0.3, -0.25) is 9.10 Å². The summed E-state index contributed by atoms with van der Waals surface area (Å²) in [5.74, 6) is -0.690. The second-order valence-electron chi connectivity index (χ2n) is 7.35. The van der Waals surface area contributed by atoms with E-state index in [1.165, 1.54) is 49.2 Å². The summed E-state index contributed by atoms with van der Waals surface area (Å²) < 4.78 is 38.4. The number of ether oxygens (including phenoxy) is 2. The zero-order valence-corrected chi connectivity index (χ0v) is 22.2. The van der Waals surface area contributed by atoms with Crippen molar-refractivity contribution in [1.82, 2.24) is 0 Å². The van der Waals surface area contributed by atoms with Crippen LogP contribution in [-0.2, 0) is 19.6 Å². The van der Waals surface area contributed by atoms with Crippen molar-refractivity contribution < 1.29 is 27.5 Å². The van der Waals surface area contributed by atoms with Crippen LogP contribution in [0.4, 0.5) is 11.4 Å². The van der Waals surface area contributed by atoms with Crippen LogP contribution in [0.1, 0.15) is 17.3 Å². The first-order valence-corrected chi connectivity index (χ1v) is 13.8. The molecule has 0 fully saturated rings. The Labute approximate surface area is 219 Å². The van der Waals surface area contributed by atoms with Gasteiger partial charge in [0.25, 0.3) is 10.0 Å². The first-order valence-electron chi connectivity index (χ1n) is 10.8. The standard InChI is InChI=1S/C25H25ClN2O6S2/c1-4-34-19-8-6-18(7-9-19)28(36(31,32)21-12-10-20(35-3)11-13-21)16-24(29)27-23-15-17(25(30)33-2)5-14-22(23)26/h5-15H,4,16H2,1-3H3,(H,27,29). The number of nitrogens with one attached hydrogen (secondary N) is 1. The number of nitrogens with zero attached hydrogens (tertiary/aromatic N) is 1. The minimum absolute atomic E-state index is 0.0349. The average molecular weight is 549 g/mol. The number of hydrogen-bond acceptors (Lipinski definition) is 7. The van der Waals surface area contributed by atoms with Gasteiger partial charge >= 0.3 is 5.97 Å². The van der Waals surface area contributed by atoms with E-state index < -0.39 is 28.4 Å². The van der Waals surface area contributed by atoms with E-state index in [0.29, 0.717) is 12.4 Å². The molecule has 0 heterocycles. The number of amides is 1. The third-order valence-corrected chi connectivity index (χ3v) is 7.89. The van der Waals surface area contributed by atoms with Crippen LogP contribution >= 0.6 is 23.4 Å². The Balaban J connectivity index is 1.95. The molecule has 0 spiro atoms. The van der Waals surface area contributed by atoms with Gasteiger partial charge in [-0.2, -0.15) is 0 Å². The number of esters is 1. The van der Waals surface area contributed by atoms with Gasteiger partial charge in [-0.1, -0.05) is 11.6 Å². The van der Waals surface area contributed by atoms with Crippen molar-refractivity contribution in [2.24, 2.45) is 0 Å². The van der Waals surface area contributed by atoms with Gasteiger partial charge in [0.15, 0.2) is 0 Å². The molecule has 3 aromatic carbocycles. The fraction of sp³-hybridized carbons (Fsp3) is 0.200. The highest BCUT2D eigenvalue weighted by Crippen LogP contribution is 2.28. The lowest BCUT2D eigenvalue weighted by Gasteiger charge is -2.24. The highest BCUT2D eigenvalue weighted by Gasteiger charge is 2.28. The molecule has 0 saturated carbocycles. The zero-order valence-electron chi connectivity index (χ0n) is 19.9. The van der Waals surface area contributed by atoms with E-state index in [2.05, 4.69) is 5.32 Å². The van der Waals surface area contributed by atoms with E-state index >= 15 is 0 Å². The molecule has 8 nitrogen and oxygen atoms in total. The maximum absolute atomic E-state index is 13.6. The van der Waals surface area contributed by atoms with Crippen LogP contribution in [0.15, 0.2) is 76.5 Å². The van der Waals surface area contributed by atoms with Crippen LogP contribution in [-0.4, -0.2) is 46.8 Å². The van der Waals surface area contributed by atoms with Crippen LogP contribution in [0.3, 0.4) is 0 Å². The molecule has 1 N–H and O–H groups in total. The van der Waals surface area contributed by atoms with Crippen molar-refractivity contribution in [3.63, 3.8) is 0 Å². The Bertz CT molecular complexity index is 1330. The van der Waals surface area contributed by atoms with Gasteiger partial charge in [0.05, 0.1) is 40.6 Å². The van der Waals surface area contributed by atoms with E-state index in [4.69, 9.17) is 21.1 Å². The van der Waals surface area contributed by atoms with E-state index in [1.54, 1.807) is 36.4 Å². The molecule has 11 heteroatoms. The third-order valence-electron chi connectivity index (χ3n) is 5.03. The predicted molar refractivity (Wildman–Crippen MR) is 142 cm³/mol. The Kier molecular flexibility index (Phi) is 9.25. The smallest absolute Gasteiger partial charge is 0.337 e. The molecule has 0 unspecified atom stereocenters. The molecular formula is C25H25ClN2O6S2. The number of halogens is 1. The molecule has 36 heavy (non-hydrogen) atoms. The first kappa shape index (κ1) is 27.4. The summed E-state index contributed by atoms with van der Waals surface area (Å²) in [7, 11) is -2.88. The lowest BCUT2D eigenvalue weighted by atomic mass is 10.2. The van der Waals surface area contributed by atoms with Gasteiger partial charge < -0.3 is 14.8 Å². The molecular weight excluding hydrogens is 524 g/mol. The number of rotatable bonds is 10. The van der Waals surface area contributed by atoms with Gasteiger partial charge in [-0.05, 0) is 79.9 Å². The van der Waals surface area contributed by atoms with Crippen molar-refractivity contribution in [3.8, 4) is 5.75 Å². The number of thioether (sulfide) groups is 1. The molecule has 3 rings (SSSR count). The number of carbonyl (C=O) groups is 2. The molecule has 0 aliphatic rings. The van der Waals surface area contributed by atoms with Crippen molar-refractivity contribution in [2.75, 3.05) is 36.1 Å². The van der Waals surface area contributed by atoms with Gasteiger partial charge in [0.1, 0.15) is 12.3 Å². The number of benzene rings is 3. The van der Waals surface area contributed by atoms with E-state index in [-0.39, 0.29) is 26.9 Å². The van der Waals surface area contributed by atoms with Crippen LogP contribution in [0, 0.1) is 0 Å². The largest absolute Gasteiger partial charge is 0.494 e. The molecule has 0 aromatic heterocycles. The van der Waals surface area contributed by atoms with Crippen molar-refractivity contribution >= 4 is 56.6 Å². The molecule has 190 valence electrons. The van der Waals surface area contributed by atoms with E-state index in [0.717, 1.165) is 9.20 Å². The average Bonchev–Trinajstić information content (AvgIpc) is 2.88. The summed E-state index contributed by atoms with van der Waals surface area (Å²) in [5.41, 5.74) is 0.608. The topological polar surface area (TPSA) is 102 Å². The Morgan fingerprint density at radius 2 is 1.69 bits per heavy atom.